The van der Waals surface area contributed by atoms with Gasteiger partial charge in [0, 0.05) is 18.1 Å². The van der Waals surface area contributed by atoms with Crippen LogP contribution in [0.25, 0.3) is 0 Å². The minimum absolute atomic E-state index is 0.257. The molecule has 2 unspecified atom stereocenters. The smallest absolute Gasteiger partial charge is 0.0246 e. The van der Waals surface area contributed by atoms with E-state index in [9.17, 15) is 0 Å². The lowest BCUT2D eigenvalue weighted by atomic mass is 9.91. The molecule has 0 aliphatic heterocycles. The van der Waals surface area contributed by atoms with Crippen molar-refractivity contribution in [2.75, 3.05) is 13.6 Å². The quantitative estimate of drug-likeness (QED) is 0.714. The molecule has 0 fully saturated rings. The van der Waals surface area contributed by atoms with Crippen LogP contribution >= 0.6 is 0 Å². The van der Waals surface area contributed by atoms with Crippen LogP contribution in [0.15, 0.2) is 0 Å². The summed E-state index contributed by atoms with van der Waals surface area (Å²) in [6.07, 6.45) is 2.36. The van der Waals surface area contributed by atoms with Gasteiger partial charge in [-0.05, 0) is 33.2 Å². The second-order valence-electron chi connectivity index (χ2n) is 4.97. The van der Waals surface area contributed by atoms with E-state index in [0.29, 0.717) is 12.0 Å². The number of nitrogens with two attached hydrogens (primary N) is 1. The van der Waals surface area contributed by atoms with E-state index in [1.807, 2.05) is 0 Å². The molecule has 0 heterocycles. The normalized spacial score (nSPS) is 17.1. The molecular weight excluding hydrogens is 172 g/mol. The van der Waals surface area contributed by atoms with Crippen molar-refractivity contribution in [2.24, 2.45) is 11.7 Å². The molecule has 0 aromatic carbocycles. The predicted octanol–water partition coefficient (Wildman–Crippen LogP) is 2.48. The SMILES string of the molecule is CCC(C)C(CN)N(C)C(C)(C)CC. The fourth-order valence-corrected chi connectivity index (χ4v) is 1.74. The highest BCUT2D eigenvalue weighted by Gasteiger charge is 2.29. The van der Waals surface area contributed by atoms with E-state index < -0.39 is 0 Å². The number of hydrogen-bond donors (Lipinski definition) is 1. The van der Waals surface area contributed by atoms with Crippen LogP contribution in [-0.4, -0.2) is 30.1 Å². The fourth-order valence-electron chi connectivity index (χ4n) is 1.74. The lowest BCUT2D eigenvalue weighted by Crippen LogP contribution is -2.52. The molecule has 0 spiro atoms. The van der Waals surface area contributed by atoms with E-state index in [1.165, 1.54) is 6.42 Å². The van der Waals surface area contributed by atoms with E-state index in [1.54, 1.807) is 0 Å². The Hall–Kier alpha value is -0.0800. The van der Waals surface area contributed by atoms with Crippen molar-refractivity contribution in [2.45, 2.75) is 59.0 Å². The Labute approximate surface area is 89.9 Å². The van der Waals surface area contributed by atoms with Gasteiger partial charge in [0.05, 0.1) is 0 Å². The van der Waals surface area contributed by atoms with E-state index in [0.717, 1.165) is 13.0 Å². The molecule has 86 valence electrons. The molecule has 0 bridgehead atoms. The number of hydrogen-bond acceptors (Lipinski definition) is 2. The average Bonchev–Trinajstić information content (AvgIpc) is 2.18. The van der Waals surface area contributed by atoms with Gasteiger partial charge in [-0.3, -0.25) is 4.90 Å². The summed E-state index contributed by atoms with van der Waals surface area (Å²) in [5.41, 5.74) is 6.12. The molecule has 0 aromatic heterocycles. The molecule has 0 saturated heterocycles. The van der Waals surface area contributed by atoms with Crippen LogP contribution in [0.5, 0.6) is 0 Å². The van der Waals surface area contributed by atoms with Crippen LogP contribution in [0.1, 0.15) is 47.5 Å². The maximum atomic E-state index is 5.86. The Balaban J connectivity index is 4.52. The van der Waals surface area contributed by atoms with Gasteiger partial charge in [0.25, 0.3) is 0 Å². The number of rotatable bonds is 6. The predicted molar refractivity (Wildman–Crippen MR) is 64.4 cm³/mol. The second-order valence-corrected chi connectivity index (χ2v) is 4.97. The first-order valence-corrected chi connectivity index (χ1v) is 5.83. The summed E-state index contributed by atoms with van der Waals surface area (Å²) in [5, 5.41) is 0. The van der Waals surface area contributed by atoms with Crippen molar-refractivity contribution in [1.82, 2.24) is 4.90 Å². The van der Waals surface area contributed by atoms with Gasteiger partial charge >= 0.3 is 0 Å². The van der Waals surface area contributed by atoms with Crippen molar-refractivity contribution >= 4 is 0 Å². The third-order valence-electron chi connectivity index (χ3n) is 3.86. The third kappa shape index (κ3) is 3.25. The van der Waals surface area contributed by atoms with Crippen LogP contribution in [0, 0.1) is 5.92 Å². The third-order valence-corrected chi connectivity index (χ3v) is 3.86. The van der Waals surface area contributed by atoms with Crippen LogP contribution in [0.2, 0.25) is 0 Å². The van der Waals surface area contributed by atoms with Crippen LogP contribution in [-0.2, 0) is 0 Å². The Kier molecular flexibility index (Phi) is 5.68. The van der Waals surface area contributed by atoms with Gasteiger partial charge in [0.2, 0.25) is 0 Å². The lowest BCUT2D eigenvalue weighted by Gasteiger charge is -2.42. The molecule has 0 radical (unpaired) electrons. The standard InChI is InChI=1S/C12H28N2/c1-7-10(3)11(9-13)14(6)12(4,5)8-2/h10-11H,7-9,13H2,1-6H3. The van der Waals surface area contributed by atoms with Gasteiger partial charge in [-0.2, -0.15) is 0 Å². The minimum Gasteiger partial charge on any atom is -0.329 e. The summed E-state index contributed by atoms with van der Waals surface area (Å²) in [5.74, 6) is 0.677. The lowest BCUT2D eigenvalue weighted by molar-refractivity contribution is 0.0703. The summed E-state index contributed by atoms with van der Waals surface area (Å²) in [6.45, 7) is 12.1. The summed E-state index contributed by atoms with van der Waals surface area (Å²) in [7, 11) is 2.20. The van der Waals surface area contributed by atoms with Gasteiger partial charge in [0.15, 0.2) is 0 Å². The van der Waals surface area contributed by atoms with Crippen molar-refractivity contribution < 1.29 is 0 Å². The van der Waals surface area contributed by atoms with Gasteiger partial charge in [0.1, 0.15) is 0 Å². The monoisotopic (exact) mass is 200 g/mol. The Morgan fingerprint density at radius 2 is 1.79 bits per heavy atom. The second kappa shape index (κ2) is 5.72. The van der Waals surface area contributed by atoms with E-state index in [4.69, 9.17) is 5.73 Å². The minimum atomic E-state index is 0.257. The Bertz CT molecular complexity index is 154. The molecule has 0 rings (SSSR count). The van der Waals surface area contributed by atoms with Gasteiger partial charge < -0.3 is 5.73 Å². The largest absolute Gasteiger partial charge is 0.329 e. The molecule has 0 saturated carbocycles. The van der Waals surface area contributed by atoms with E-state index in [2.05, 4.69) is 46.6 Å². The Morgan fingerprint density at radius 3 is 2.07 bits per heavy atom. The van der Waals surface area contributed by atoms with Gasteiger partial charge in [-0.15, -0.1) is 0 Å². The summed E-state index contributed by atoms with van der Waals surface area (Å²) < 4.78 is 0. The number of nitrogens with zero attached hydrogens (tertiary/aromatic N) is 1. The van der Waals surface area contributed by atoms with Crippen LogP contribution in [0.3, 0.4) is 0 Å². The molecule has 2 N–H and O–H groups in total. The molecule has 2 heteroatoms. The van der Waals surface area contributed by atoms with Crippen LogP contribution in [0.4, 0.5) is 0 Å². The average molecular weight is 200 g/mol. The first-order valence-electron chi connectivity index (χ1n) is 5.83. The molecular formula is C12H28N2. The zero-order valence-electron chi connectivity index (χ0n) is 10.8. The molecule has 2 nitrogen and oxygen atoms in total. The van der Waals surface area contributed by atoms with Crippen molar-refractivity contribution in [3.05, 3.63) is 0 Å². The summed E-state index contributed by atoms with van der Waals surface area (Å²) >= 11 is 0. The topological polar surface area (TPSA) is 29.3 Å². The van der Waals surface area contributed by atoms with Gasteiger partial charge in [-0.1, -0.05) is 27.2 Å². The molecule has 14 heavy (non-hydrogen) atoms. The van der Waals surface area contributed by atoms with Gasteiger partial charge in [-0.25, -0.2) is 0 Å². The van der Waals surface area contributed by atoms with Crippen molar-refractivity contribution in [3.8, 4) is 0 Å². The highest BCUT2D eigenvalue weighted by atomic mass is 15.2. The molecule has 0 amide bonds. The highest BCUT2D eigenvalue weighted by molar-refractivity contribution is 4.85. The molecule has 0 aromatic rings. The Morgan fingerprint density at radius 1 is 1.29 bits per heavy atom. The zero-order chi connectivity index (χ0) is 11.4. The first kappa shape index (κ1) is 13.9. The molecule has 0 aliphatic rings. The fraction of sp³-hybridized carbons (Fsp3) is 1.00. The summed E-state index contributed by atoms with van der Waals surface area (Å²) in [4.78, 5) is 2.45. The maximum absolute atomic E-state index is 5.86. The maximum Gasteiger partial charge on any atom is 0.0246 e. The van der Waals surface area contributed by atoms with Crippen molar-refractivity contribution in [3.63, 3.8) is 0 Å². The van der Waals surface area contributed by atoms with E-state index >= 15 is 0 Å². The van der Waals surface area contributed by atoms with Crippen LogP contribution < -0.4 is 5.73 Å². The first-order chi connectivity index (χ1) is 6.40. The van der Waals surface area contributed by atoms with Crippen molar-refractivity contribution in [1.29, 1.82) is 0 Å². The molecule has 2 atom stereocenters. The number of likely N-dealkylation sites (N-methyl/N-ethyl adjacent to an activating group) is 1. The summed E-state index contributed by atoms with van der Waals surface area (Å²) in [6, 6.07) is 0.509. The highest BCUT2D eigenvalue weighted by Crippen LogP contribution is 2.23. The molecule has 0 aliphatic carbocycles. The zero-order valence-corrected chi connectivity index (χ0v) is 10.8. The van der Waals surface area contributed by atoms with E-state index in [-0.39, 0.29) is 5.54 Å².